The van der Waals surface area contributed by atoms with E-state index in [1.807, 2.05) is 0 Å². The van der Waals surface area contributed by atoms with Gasteiger partial charge in [0.05, 0.1) is 11.6 Å². The molecule has 0 amide bonds. The largest absolute Gasteiger partial charge is 0.399 e. The summed E-state index contributed by atoms with van der Waals surface area (Å²) >= 11 is 5.87. The van der Waals surface area contributed by atoms with E-state index in [0.717, 1.165) is 4.31 Å². The van der Waals surface area contributed by atoms with E-state index in [4.69, 9.17) is 23.8 Å². The van der Waals surface area contributed by atoms with Gasteiger partial charge in [0.1, 0.15) is 4.90 Å². The number of nitrogens with two attached hydrogens (primary N) is 1. The summed E-state index contributed by atoms with van der Waals surface area (Å²) in [6, 6.07) is 4.32. The molecule has 0 aromatic heterocycles. The van der Waals surface area contributed by atoms with Crippen LogP contribution in [0, 0.1) is 12.3 Å². The molecule has 0 bridgehead atoms. The summed E-state index contributed by atoms with van der Waals surface area (Å²) in [6.45, 7) is 1.98. The van der Waals surface area contributed by atoms with Crippen molar-refractivity contribution in [3.63, 3.8) is 0 Å². The maximum atomic E-state index is 12.2. The number of anilines is 1. The van der Waals surface area contributed by atoms with Gasteiger partial charge < -0.3 is 5.73 Å². The Bertz CT molecular complexity index is 549. The average molecular weight is 273 g/mol. The van der Waals surface area contributed by atoms with Crippen LogP contribution in [0.4, 0.5) is 5.69 Å². The smallest absolute Gasteiger partial charge is 0.245 e. The van der Waals surface area contributed by atoms with E-state index in [9.17, 15) is 8.42 Å². The Morgan fingerprint density at radius 1 is 1.53 bits per heavy atom. The first kappa shape index (κ1) is 13.8. The molecule has 0 spiro atoms. The van der Waals surface area contributed by atoms with Crippen LogP contribution in [0.3, 0.4) is 0 Å². The number of hydrogen-bond donors (Lipinski definition) is 1. The van der Waals surface area contributed by atoms with Crippen LogP contribution in [0.1, 0.15) is 6.92 Å². The molecule has 0 aliphatic carbocycles. The number of nitrogen functional groups attached to an aromatic ring is 1. The lowest BCUT2D eigenvalue weighted by Gasteiger charge is -2.18. The second-order valence-electron chi connectivity index (χ2n) is 3.33. The Kier molecular flexibility index (Phi) is 4.40. The van der Waals surface area contributed by atoms with Crippen LogP contribution in [-0.4, -0.2) is 25.8 Å². The lowest BCUT2D eigenvalue weighted by molar-refractivity contribution is 0.464. The Balaban J connectivity index is 3.30. The fraction of sp³-hybridized carbons (Fsp3) is 0.273. The van der Waals surface area contributed by atoms with Crippen molar-refractivity contribution in [3.05, 3.63) is 23.2 Å². The number of halogens is 1. The number of nitrogens with zero attached hydrogens (tertiary/aromatic N) is 1. The molecule has 17 heavy (non-hydrogen) atoms. The Morgan fingerprint density at radius 3 is 2.71 bits per heavy atom. The van der Waals surface area contributed by atoms with Crippen molar-refractivity contribution in [1.82, 2.24) is 4.31 Å². The van der Waals surface area contributed by atoms with Crippen LogP contribution in [0.5, 0.6) is 0 Å². The second kappa shape index (κ2) is 5.41. The molecule has 4 nitrogen and oxygen atoms in total. The van der Waals surface area contributed by atoms with Crippen molar-refractivity contribution in [1.29, 1.82) is 0 Å². The molecule has 0 unspecified atom stereocenters. The maximum Gasteiger partial charge on any atom is 0.245 e. The van der Waals surface area contributed by atoms with E-state index >= 15 is 0 Å². The summed E-state index contributed by atoms with van der Waals surface area (Å²) in [5.74, 6) is 2.30. The zero-order valence-corrected chi connectivity index (χ0v) is 10.9. The molecule has 0 saturated carbocycles. The van der Waals surface area contributed by atoms with E-state index in [0.29, 0.717) is 5.69 Å². The highest BCUT2D eigenvalue weighted by molar-refractivity contribution is 7.89. The minimum Gasteiger partial charge on any atom is -0.399 e. The standard InChI is InChI=1S/C11H13ClN2O2S/c1-3-7-14(4-2)17(15,16)11-8-9(13)5-6-10(11)12/h1,5-6,8H,4,7,13H2,2H3. The van der Waals surface area contributed by atoms with Crippen LogP contribution >= 0.6 is 11.6 Å². The highest BCUT2D eigenvalue weighted by Gasteiger charge is 2.24. The lowest BCUT2D eigenvalue weighted by Crippen LogP contribution is -2.31. The Morgan fingerprint density at radius 2 is 2.18 bits per heavy atom. The van der Waals surface area contributed by atoms with Crippen LogP contribution < -0.4 is 5.73 Å². The molecule has 6 heteroatoms. The molecular weight excluding hydrogens is 260 g/mol. The fourth-order valence-corrected chi connectivity index (χ4v) is 3.20. The molecule has 0 radical (unpaired) electrons. The van der Waals surface area contributed by atoms with Gasteiger partial charge in [-0.2, -0.15) is 4.31 Å². The Hall–Kier alpha value is -1.22. The van der Waals surface area contributed by atoms with Crippen molar-refractivity contribution in [2.45, 2.75) is 11.8 Å². The van der Waals surface area contributed by atoms with Crippen LogP contribution in [0.25, 0.3) is 0 Å². The molecule has 0 aliphatic heterocycles. The maximum absolute atomic E-state index is 12.2. The average Bonchev–Trinajstić information content (AvgIpc) is 2.28. The monoisotopic (exact) mass is 272 g/mol. The SMILES string of the molecule is C#CCN(CC)S(=O)(=O)c1cc(N)ccc1Cl. The van der Waals surface area contributed by atoms with E-state index in [1.54, 1.807) is 13.0 Å². The fourth-order valence-electron chi connectivity index (χ4n) is 1.33. The van der Waals surface area contributed by atoms with E-state index < -0.39 is 10.0 Å². The van der Waals surface area contributed by atoms with Gasteiger partial charge in [0, 0.05) is 12.2 Å². The molecule has 0 aliphatic rings. The number of sulfonamides is 1. The molecular formula is C11H13ClN2O2S. The predicted molar refractivity (Wildman–Crippen MR) is 69.1 cm³/mol. The highest BCUT2D eigenvalue weighted by atomic mass is 35.5. The molecule has 2 N–H and O–H groups in total. The summed E-state index contributed by atoms with van der Waals surface area (Å²) in [6.07, 6.45) is 5.13. The van der Waals surface area contributed by atoms with Crippen molar-refractivity contribution in [2.75, 3.05) is 18.8 Å². The minimum atomic E-state index is -3.69. The number of rotatable bonds is 4. The van der Waals surface area contributed by atoms with Gasteiger partial charge in [0.15, 0.2) is 0 Å². The second-order valence-corrected chi connectivity index (χ2v) is 5.64. The summed E-state index contributed by atoms with van der Waals surface area (Å²) in [4.78, 5) is -0.0173. The van der Waals surface area contributed by atoms with Gasteiger partial charge in [-0.25, -0.2) is 8.42 Å². The number of benzene rings is 1. The Labute approximate surface area is 106 Å². The van der Waals surface area contributed by atoms with Gasteiger partial charge in [-0.15, -0.1) is 6.42 Å². The highest BCUT2D eigenvalue weighted by Crippen LogP contribution is 2.26. The zero-order valence-electron chi connectivity index (χ0n) is 9.35. The molecule has 0 saturated heterocycles. The molecule has 1 aromatic rings. The van der Waals surface area contributed by atoms with Crippen molar-refractivity contribution in [3.8, 4) is 12.3 Å². The van der Waals surface area contributed by atoms with Gasteiger partial charge in [-0.1, -0.05) is 24.4 Å². The quantitative estimate of drug-likeness (QED) is 0.668. The van der Waals surface area contributed by atoms with Crippen molar-refractivity contribution >= 4 is 27.3 Å². The summed E-state index contributed by atoms with van der Waals surface area (Å²) in [5.41, 5.74) is 5.90. The first-order valence-corrected chi connectivity index (χ1v) is 6.74. The summed E-state index contributed by atoms with van der Waals surface area (Å²) < 4.78 is 25.6. The zero-order chi connectivity index (χ0) is 13.1. The number of terminal acetylenes is 1. The molecule has 0 heterocycles. The van der Waals surface area contributed by atoms with Crippen molar-refractivity contribution < 1.29 is 8.42 Å². The molecule has 1 aromatic carbocycles. The van der Waals surface area contributed by atoms with Crippen LogP contribution in [0.15, 0.2) is 23.1 Å². The normalized spacial score (nSPS) is 11.4. The van der Waals surface area contributed by atoms with Gasteiger partial charge in [-0.05, 0) is 18.2 Å². The third-order valence-corrected chi connectivity index (χ3v) is 4.60. The first-order valence-electron chi connectivity index (χ1n) is 4.92. The van der Waals surface area contributed by atoms with Gasteiger partial charge in [0.2, 0.25) is 10.0 Å². The van der Waals surface area contributed by atoms with Gasteiger partial charge in [-0.3, -0.25) is 0 Å². The van der Waals surface area contributed by atoms with Gasteiger partial charge in [0.25, 0.3) is 0 Å². The third kappa shape index (κ3) is 2.91. The van der Waals surface area contributed by atoms with E-state index in [1.165, 1.54) is 12.1 Å². The molecule has 0 fully saturated rings. The first-order chi connectivity index (χ1) is 7.93. The summed E-state index contributed by atoms with van der Waals surface area (Å²) in [7, 11) is -3.69. The molecule has 0 atom stereocenters. The number of hydrogen-bond acceptors (Lipinski definition) is 3. The predicted octanol–water partition coefficient (Wildman–Crippen LogP) is 1.57. The lowest BCUT2D eigenvalue weighted by atomic mass is 10.3. The third-order valence-electron chi connectivity index (χ3n) is 2.19. The van der Waals surface area contributed by atoms with Crippen LogP contribution in [0.2, 0.25) is 5.02 Å². The molecule has 1 rings (SSSR count). The molecule has 92 valence electrons. The van der Waals surface area contributed by atoms with E-state index in [2.05, 4.69) is 5.92 Å². The minimum absolute atomic E-state index is 0.00393. The van der Waals surface area contributed by atoms with Crippen LogP contribution in [-0.2, 0) is 10.0 Å². The van der Waals surface area contributed by atoms with Gasteiger partial charge >= 0.3 is 0 Å². The topological polar surface area (TPSA) is 63.4 Å². The van der Waals surface area contributed by atoms with E-state index in [-0.39, 0.29) is 23.0 Å². The van der Waals surface area contributed by atoms with Crippen molar-refractivity contribution in [2.24, 2.45) is 0 Å². The summed E-state index contributed by atoms with van der Waals surface area (Å²) in [5, 5.41) is 0.134.